The van der Waals surface area contributed by atoms with Crippen molar-refractivity contribution >= 4 is 11.9 Å². The third kappa shape index (κ3) is 9.53. The first kappa shape index (κ1) is 20.5. The van der Waals surface area contributed by atoms with E-state index in [1.807, 2.05) is 12.2 Å². The molecule has 0 aromatic heterocycles. The van der Waals surface area contributed by atoms with Crippen LogP contribution >= 0.6 is 0 Å². The van der Waals surface area contributed by atoms with E-state index < -0.39 is 0 Å². The normalized spacial score (nSPS) is 22.4. The molecule has 2 rings (SSSR count). The Balaban J connectivity index is 0.000000240. The van der Waals surface area contributed by atoms with Crippen LogP contribution in [0, 0.1) is 0 Å². The van der Waals surface area contributed by atoms with Gasteiger partial charge in [0, 0.05) is 25.0 Å². The Labute approximate surface area is 146 Å². The molecule has 2 heterocycles. The first-order chi connectivity index (χ1) is 11.7. The minimum absolute atomic E-state index is 0.147. The SMILES string of the molecule is CCCCCC1CC=CC(=O)O1.CCCCCC1CC=CC(=O)O1. The summed E-state index contributed by atoms with van der Waals surface area (Å²) in [7, 11) is 0. The summed E-state index contributed by atoms with van der Waals surface area (Å²) in [6.45, 7) is 4.35. The van der Waals surface area contributed by atoms with E-state index in [0.717, 1.165) is 25.7 Å². The Morgan fingerprint density at radius 3 is 1.54 bits per heavy atom. The molecule has 0 aromatic rings. The quantitative estimate of drug-likeness (QED) is 0.468. The van der Waals surface area contributed by atoms with Crippen molar-refractivity contribution in [2.75, 3.05) is 0 Å². The average molecular weight is 336 g/mol. The molecule has 0 saturated carbocycles. The average Bonchev–Trinajstić information content (AvgIpc) is 2.56. The third-order valence-electron chi connectivity index (χ3n) is 4.13. The van der Waals surface area contributed by atoms with Gasteiger partial charge in [-0.2, -0.15) is 0 Å². The maximum absolute atomic E-state index is 10.8. The van der Waals surface area contributed by atoms with E-state index in [1.165, 1.54) is 50.7 Å². The van der Waals surface area contributed by atoms with E-state index in [0.29, 0.717) is 0 Å². The number of ether oxygens (including phenoxy) is 2. The molecule has 0 spiro atoms. The predicted molar refractivity (Wildman–Crippen MR) is 95.6 cm³/mol. The summed E-state index contributed by atoms with van der Waals surface area (Å²) >= 11 is 0. The van der Waals surface area contributed by atoms with Gasteiger partial charge in [-0.3, -0.25) is 0 Å². The number of carbonyl (C=O) groups excluding carboxylic acids is 2. The molecular formula is C20H32O4. The molecular weight excluding hydrogens is 304 g/mol. The first-order valence-corrected chi connectivity index (χ1v) is 9.40. The van der Waals surface area contributed by atoms with Crippen LogP contribution in [-0.2, 0) is 19.1 Å². The smallest absolute Gasteiger partial charge is 0.330 e. The Hall–Kier alpha value is -1.58. The van der Waals surface area contributed by atoms with Gasteiger partial charge in [0.25, 0.3) is 0 Å². The molecule has 0 saturated heterocycles. The summed E-state index contributed by atoms with van der Waals surface area (Å²) in [6, 6.07) is 0. The number of hydrogen-bond donors (Lipinski definition) is 0. The van der Waals surface area contributed by atoms with Gasteiger partial charge < -0.3 is 9.47 Å². The summed E-state index contributed by atoms with van der Waals surface area (Å²) in [5, 5.41) is 0. The van der Waals surface area contributed by atoms with E-state index >= 15 is 0 Å². The Morgan fingerprint density at radius 1 is 0.792 bits per heavy atom. The van der Waals surface area contributed by atoms with Gasteiger partial charge >= 0.3 is 11.9 Å². The van der Waals surface area contributed by atoms with Crippen LogP contribution < -0.4 is 0 Å². The zero-order chi connectivity index (χ0) is 17.6. The summed E-state index contributed by atoms with van der Waals surface area (Å²) in [6.07, 6.45) is 18.2. The van der Waals surface area contributed by atoms with Crippen LogP contribution in [0.15, 0.2) is 24.3 Å². The van der Waals surface area contributed by atoms with Gasteiger partial charge in [0.05, 0.1) is 0 Å². The molecule has 136 valence electrons. The molecule has 0 bridgehead atoms. The van der Waals surface area contributed by atoms with Crippen LogP contribution in [0.25, 0.3) is 0 Å². The lowest BCUT2D eigenvalue weighted by molar-refractivity contribution is -0.145. The largest absolute Gasteiger partial charge is 0.459 e. The van der Waals surface area contributed by atoms with E-state index in [9.17, 15) is 9.59 Å². The van der Waals surface area contributed by atoms with Crippen molar-refractivity contribution in [2.45, 2.75) is 90.3 Å². The van der Waals surface area contributed by atoms with E-state index in [1.54, 1.807) is 0 Å². The number of hydrogen-bond acceptors (Lipinski definition) is 4. The molecule has 0 aliphatic carbocycles. The Bertz CT molecular complexity index is 385. The zero-order valence-electron chi connectivity index (χ0n) is 15.2. The number of cyclic esters (lactones) is 2. The van der Waals surface area contributed by atoms with Crippen molar-refractivity contribution in [1.82, 2.24) is 0 Å². The maximum Gasteiger partial charge on any atom is 0.330 e. The second kappa shape index (κ2) is 12.8. The second-order valence-electron chi connectivity index (χ2n) is 6.39. The van der Waals surface area contributed by atoms with Crippen LogP contribution in [0.5, 0.6) is 0 Å². The number of unbranched alkanes of at least 4 members (excludes halogenated alkanes) is 4. The fourth-order valence-corrected chi connectivity index (χ4v) is 2.73. The van der Waals surface area contributed by atoms with Crippen LogP contribution in [0.3, 0.4) is 0 Å². The number of rotatable bonds is 8. The second-order valence-corrected chi connectivity index (χ2v) is 6.39. The molecule has 0 amide bonds. The molecule has 4 nitrogen and oxygen atoms in total. The third-order valence-corrected chi connectivity index (χ3v) is 4.13. The lowest BCUT2D eigenvalue weighted by Gasteiger charge is -2.17. The van der Waals surface area contributed by atoms with Gasteiger partial charge in [-0.1, -0.05) is 51.7 Å². The molecule has 4 heteroatoms. The lowest BCUT2D eigenvalue weighted by Crippen LogP contribution is -2.19. The van der Waals surface area contributed by atoms with E-state index in [2.05, 4.69) is 13.8 Å². The molecule has 24 heavy (non-hydrogen) atoms. The number of carbonyl (C=O) groups is 2. The molecule has 2 aliphatic heterocycles. The van der Waals surface area contributed by atoms with Crippen molar-refractivity contribution < 1.29 is 19.1 Å². The minimum Gasteiger partial charge on any atom is -0.459 e. The summed E-state index contributed by atoms with van der Waals surface area (Å²) in [4.78, 5) is 21.6. The Morgan fingerprint density at radius 2 is 1.21 bits per heavy atom. The summed E-state index contributed by atoms with van der Waals surface area (Å²) < 4.78 is 10.2. The standard InChI is InChI=1S/2C10H16O2/c2*1-2-3-4-6-9-7-5-8-10(11)12-9/h2*5,8-9H,2-4,6-7H2,1H3. The van der Waals surface area contributed by atoms with Gasteiger partial charge in [0.2, 0.25) is 0 Å². The van der Waals surface area contributed by atoms with E-state index in [-0.39, 0.29) is 24.1 Å². The van der Waals surface area contributed by atoms with Crippen molar-refractivity contribution in [2.24, 2.45) is 0 Å². The molecule has 2 aliphatic rings. The molecule has 0 fully saturated rings. The topological polar surface area (TPSA) is 52.6 Å². The highest BCUT2D eigenvalue weighted by molar-refractivity contribution is 5.83. The summed E-state index contributed by atoms with van der Waals surface area (Å²) in [5.41, 5.74) is 0. The van der Waals surface area contributed by atoms with Crippen LogP contribution in [0.4, 0.5) is 0 Å². The lowest BCUT2D eigenvalue weighted by atomic mass is 10.1. The van der Waals surface area contributed by atoms with Gasteiger partial charge in [-0.25, -0.2) is 9.59 Å². The van der Waals surface area contributed by atoms with Crippen molar-refractivity contribution in [3.05, 3.63) is 24.3 Å². The van der Waals surface area contributed by atoms with Crippen LogP contribution in [-0.4, -0.2) is 24.1 Å². The van der Waals surface area contributed by atoms with Crippen molar-refractivity contribution in [3.63, 3.8) is 0 Å². The van der Waals surface area contributed by atoms with Crippen LogP contribution in [0.2, 0.25) is 0 Å². The fraction of sp³-hybridized carbons (Fsp3) is 0.700. The fourth-order valence-electron chi connectivity index (χ4n) is 2.73. The molecule has 2 atom stereocenters. The van der Waals surface area contributed by atoms with Crippen molar-refractivity contribution in [3.8, 4) is 0 Å². The minimum atomic E-state index is -0.178. The zero-order valence-corrected chi connectivity index (χ0v) is 15.2. The van der Waals surface area contributed by atoms with Gasteiger partial charge in [0.1, 0.15) is 12.2 Å². The highest BCUT2D eigenvalue weighted by Gasteiger charge is 2.15. The van der Waals surface area contributed by atoms with Gasteiger partial charge in [0.15, 0.2) is 0 Å². The molecule has 0 radical (unpaired) electrons. The van der Waals surface area contributed by atoms with Crippen LogP contribution in [0.1, 0.15) is 78.1 Å². The Kier molecular flexibility index (Phi) is 10.9. The maximum atomic E-state index is 10.8. The summed E-state index contributed by atoms with van der Waals surface area (Å²) in [5.74, 6) is -0.356. The molecule has 0 N–H and O–H groups in total. The van der Waals surface area contributed by atoms with Crippen molar-refractivity contribution in [1.29, 1.82) is 0 Å². The molecule has 0 aromatic carbocycles. The van der Waals surface area contributed by atoms with Gasteiger partial charge in [-0.05, 0) is 25.7 Å². The molecule has 2 unspecified atom stereocenters. The first-order valence-electron chi connectivity index (χ1n) is 9.40. The van der Waals surface area contributed by atoms with Gasteiger partial charge in [-0.15, -0.1) is 0 Å². The number of esters is 2. The highest BCUT2D eigenvalue weighted by Crippen LogP contribution is 2.15. The van der Waals surface area contributed by atoms with E-state index in [4.69, 9.17) is 9.47 Å². The highest BCUT2D eigenvalue weighted by atomic mass is 16.5. The monoisotopic (exact) mass is 336 g/mol. The predicted octanol–water partition coefficient (Wildman–Crippen LogP) is 4.88.